The topological polar surface area (TPSA) is 66.8 Å². The summed E-state index contributed by atoms with van der Waals surface area (Å²) in [6.45, 7) is 7.72. The zero-order chi connectivity index (χ0) is 29.5. The number of aliphatic hydroxyl groups excluding tert-OH is 1. The number of rotatable bonds is 5. The van der Waals surface area contributed by atoms with Crippen molar-refractivity contribution in [3.63, 3.8) is 0 Å². The lowest BCUT2D eigenvalue weighted by Gasteiger charge is -2.43. The normalized spacial score (nSPS) is 28.0. The number of hydrogen-bond acceptors (Lipinski definition) is 6. The predicted molar refractivity (Wildman–Crippen MR) is 170 cm³/mol. The molecule has 7 rings (SSSR count). The molecule has 4 atom stereocenters. The minimum Gasteiger partial charge on any atom is -0.440 e. The summed E-state index contributed by atoms with van der Waals surface area (Å²) in [6, 6.07) is 14.4. The first-order chi connectivity index (χ1) is 20.2. The van der Waals surface area contributed by atoms with E-state index in [1.807, 2.05) is 30.0 Å². The van der Waals surface area contributed by atoms with Crippen LogP contribution in [0.2, 0.25) is 0 Å². The van der Waals surface area contributed by atoms with Crippen LogP contribution in [0.25, 0.3) is 0 Å². The number of aryl methyl sites for hydroxylation is 1. The second-order valence-corrected chi connectivity index (χ2v) is 15.1. The molecule has 222 valence electrons. The number of allylic oxidation sites excluding steroid dienone is 2. The van der Waals surface area contributed by atoms with E-state index >= 15 is 0 Å². The maximum absolute atomic E-state index is 14.1. The Morgan fingerprint density at radius 1 is 1.14 bits per heavy atom. The van der Waals surface area contributed by atoms with Gasteiger partial charge < -0.3 is 14.7 Å². The molecule has 1 aliphatic heterocycles. The summed E-state index contributed by atoms with van der Waals surface area (Å²) in [7, 11) is 0. The number of hydrogen-bond donors (Lipinski definition) is 1. The first-order valence-electron chi connectivity index (χ1n) is 15.3. The zero-order valence-corrected chi connectivity index (χ0v) is 26.5. The van der Waals surface area contributed by atoms with Crippen molar-refractivity contribution in [1.29, 1.82) is 0 Å². The van der Waals surface area contributed by atoms with Gasteiger partial charge in [0.25, 0.3) is 0 Å². The highest BCUT2D eigenvalue weighted by Crippen LogP contribution is 2.61. The minimum absolute atomic E-state index is 0.0477. The highest BCUT2D eigenvalue weighted by atomic mass is 32.1. The Kier molecular flexibility index (Phi) is 8.20. The molecular formula is C35H41NO4S2. The monoisotopic (exact) mass is 603 g/mol. The van der Waals surface area contributed by atoms with Crippen molar-refractivity contribution >= 4 is 34.6 Å². The summed E-state index contributed by atoms with van der Waals surface area (Å²) in [6.07, 6.45) is 7.90. The van der Waals surface area contributed by atoms with Crippen molar-refractivity contribution in [2.75, 3.05) is 13.1 Å². The van der Waals surface area contributed by atoms with Crippen LogP contribution in [0.4, 0.5) is 4.79 Å². The maximum atomic E-state index is 14.1. The van der Waals surface area contributed by atoms with Crippen molar-refractivity contribution in [3.8, 4) is 0 Å². The number of carbonyl (C=O) groups is 2. The molecule has 2 aromatic heterocycles. The largest absolute Gasteiger partial charge is 0.440 e. The Hall–Kier alpha value is -2.74. The van der Waals surface area contributed by atoms with Gasteiger partial charge in [0.2, 0.25) is 5.78 Å². The van der Waals surface area contributed by atoms with Gasteiger partial charge in [-0.15, -0.1) is 22.7 Å². The Labute approximate surface area is 257 Å². The van der Waals surface area contributed by atoms with Crippen LogP contribution in [0.15, 0.2) is 59.5 Å². The number of ether oxygens (including phenoxy) is 1. The average Bonchev–Trinajstić information content (AvgIpc) is 3.75. The molecule has 1 saturated heterocycles. The summed E-state index contributed by atoms with van der Waals surface area (Å²) in [4.78, 5) is 32.5. The van der Waals surface area contributed by atoms with E-state index in [1.54, 1.807) is 11.3 Å². The number of thiophene rings is 2. The molecule has 2 bridgehead atoms. The van der Waals surface area contributed by atoms with E-state index in [2.05, 4.69) is 49.6 Å². The number of ketones is 1. The van der Waals surface area contributed by atoms with E-state index in [0.29, 0.717) is 25.9 Å². The van der Waals surface area contributed by atoms with E-state index in [0.717, 1.165) is 65.0 Å². The Balaban J connectivity index is 1.40. The van der Waals surface area contributed by atoms with Crippen LogP contribution in [-0.2, 0) is 17.6 Å². The van der Waals surface area contributed by atoms with Crippen molar-refractivity contribution < 1.29 is 19.4 Å². The molecule has 4 aliphatic rings. The third-order valence-electron chi connectivity index (χ3n) is 10.0. The molecule has 3 heterocycles. The van der Waals surface area contributed by atoms with Gasteiger partial charge >= 0.3 is 6.09 Å². The number of aliphatic hydroxyl groups is 1. The van der Waals surface area contributed by atoms with Gasteiger partial charge in [0.05, 0.1) is 17.5 Å². The zero-order valence-electron chi connectivity index (χ0n) is 24.9. The molecule has 0 radical (unpaired) electrons. The van der Waals surface area contributed by atoms with Crippen molar-refractivity contribution in [2.24, 2.45) is 5.41 Å². The average molecular weight is 604 g/mol. The fourth-order valence-electron chi connectivity index (χ4n) is 7.54. The molecular weight excluding hydrogens is 563 g/mol. The lowest BCUT2D eigenvalue weighted by molar-refractivity contribution is -0.0372. The lowest BCUT2D eigenvalue weighted by Crippen LogP contribution is -2.48. The van der Waals surface area contributed by atoms with Crippen LogP contribution in [0.1, 0.15) is 94.4 Å². The van der Waals surface area contributed by atoms with E-state index < -0.39 is 11.7 Å². The third kappa shape index (κ3) is 5.51. The summed E-state index contributed by atoms with van der Waals surface area (Å²) in [5.41, 5.74) is 3.12. The van der Waals surface area contributed by atoms with Gasteiger partial charge in [0, 0.05) is 27.3 Å². The van der Waals surface area contributed by atoms with Gasteiger partial charge in [0.15, 0.2) is 0 Å². The number of fused-ring (bicyclic) bond motifs is 8. The van der Waals surface area contributed by atoms with Crippen molar-refractivity contribution in [2.45, 2.75) is 89.8 Å². The number of benzene rings is 1. The van der Waals surface area contributed by atoms with E-state index in [-0.39, 0.29) is 23.2 Å². The van der Waals surface area contributed by atoms with E-state index in [4.69, 9.17) is 4.74 Å². The molecule has 1 aromatic carbocycles. The van der Waals surface area contributed by atoms with Crippen LogP contribution < -0.4 is 0 Å². The van der Waals surface area contributed by atoms with E-state index in [1.165, 1.54) is 21.8 Å². The van der Waals surface area contributed by atoms with Crippen LogP contribution in [0.3, 0.4) is 0 Å². The van der Waals surface area contributed by atoms with Crippen molar-refractivity contribution in [1.82, 2.24) is 4.90 Å². The number of amides is 1. The highest BCUT2D eigenvalue weighted by Gasteiger charge is 2.63. The third-order valence-corrected chi connectivity index (χ3v) is 12.0. The predicted octanol–water partition coefficient (Wildman–Crippen LogP) is 8.09. The summed E-state index contributed by atoms with van der Waals surface area (Å²) in [5, 5.41) is 12.9. The number of nitrogens with zero attached hydrogens (tertiary/aromatic N) is 1. The standard InChI is InChI=1S/C35H41NO4S2/c1-23-6-4-16-34(3)30(14-17-35(34)22-36(33(39)40-35)18-15-27-7-5-19-41-27)28-12-10-25(20-26(37)11-8-23)21-29(28)32(38)31-13-9-24(2)42-31/h5-7,9-10,12-13,19,21,26,30,37H,4,8,11,14-18,20,22H2,1-3H3. The molecule has 4 unspecified atom stereocenters. The minimum atomic E-state index is -0.599. The van der Waals surface area contributed by atoms with Crippen LogP contribution in [0.5, 0.6) is 0 Å². The van der Waals surface area contributed by atoms with Gasteiger partial charge in [0.1, 0.15) is 5.60 Å². The fourth-order valence-corrected chi connectivity index (χ4v) is 9.06. The van der Waals surface area contributed by atoms with Crippen LogP contribution in [0, 0.1) is 12.3 Å². The Bertz CT molecular complexity index is 1490. The van der Waals surface area contributed by atoms with Crippen LogP contribution >= 0.6 is 22.7 Å². The van der Waals surface area contributed by atoms with Gasteiger partial charge in [-0.05, 0) is 112 Å². The first kappa shape index (κ1) is 29.3. The fraction of sp³-hybridized carbons (Fsp3) is 0.486. The molecule has 3 aromatic rings. The molecule has 5 nitrogen and oxygen atoms in total. The molecule has 3 aliphatic carbocycles. The smallest absolute Gasteiger partial charge is 0.410 e. The maximum Gasteiger partial charge on any atom is 0.410 e. The van der Waals surface area contributed by atoms with E-state index in [9.17, 15) is 14.7 Å². The van der Waals surface area contributed by atoms with Gasteiger partial charge in [-0.3, -0.25) is 4.79 Å². The van der Waals surface area contributed by atoms with Crippen LogP contribution in [-0.4, -0.2) is 46.7 Å². The summed E-state index contributed by atoms with van der Waals surface area (Å²) < 4.78 is 6.46. The SMILES string of the molecule is CC1=CCCC2(C)C(CCC23CN(CCc2cccs2)C(=O)O3)c2ccc(cc2C(=O)c2ccc(C)s2)CC(O)CC1. The quantitative estimate of drug-likeness (QED) is 0.236. The molecule has 1 saturated carbocycles. The summed E-state index contributed by atoms with van der Waals surface area (Å²) >= 11 is 3.26. The molecule has 1 N–H and O–H groups in total. The Morgan fingerprint density at radius 3 is 2.76 bits per heavy atom. The van der Waals surface area contributed by atoms with Gasteiger partial charge in [-0.25, -0.2) is 4.79 Å². The molecule has 7 heteroatoms. The van der Waals surface area contributed by atoms with Gasteiger partial charge in [-0.1, -0.05) is 36.8 Å². The van der Waals surface area contributed by atoms with Gasteiger partial charge in [-0.2, -0.15) is 0 Å². The first-order valence-corrected chi connectivity index (χ1v) is 16.9. The highest BCUT2D eigenvalue weighted by molar-refractivity contribution is 7.14. The second-order valence-electron chi connectivity index (χ2n) is 12.8. The second kappa shape index (κ2) is 11.7. The summed E-state index contributed by atoms with van der Waals surface area (Å²) in [5.74, 6) is 0.116. The molecule has 2 fully saturated rings. The number of carbonyl (C=O) groups excluding carboxylic acids is 2. The lowest BCUT2D eigenvalue weighted by atomic mass is 9.65. The Morgan fingerprint density at radius 2 is 2.00 bits per heavy atom. The molecule has 1 amide bonds. The van der Waals surface area contributed by atoms with Crippen molar-refractivity contribution in [3.05, 3.63) is 90.8 Å². The molecule has 1 spiro atoms. The molecule has 42 heavy (non-hydrogen) atoms.